The van der Waals surface area contributed by atoms with Gasteiger partial charge in [0, 0.05) is 52.4 Å². The Bertz CT molecular complexity index is 310. The second-order valence-electron chi connectivity index (χ2n) is 9.67. The summed E-state index contributed by atoms with van der Waals surface area (Å²) in [5.41, 5.74) is 0. The fraction of sp³-hybridized carbons (Fsp3) is 1.00. The van der Waals surface area contributed by atoms with Crippen LogP contribution < -0.4 is 0 Å². The van der Waals surface area contributed by atoms with Gasteiger partial charge in [-0.05, 0) is 80.1 Å². The van der Waals surface area contributed by atoms with Crippen LogP contribution in [0.2, 0.25) is 0 Å². The Morgan fingerprint density at radius 3 is 0.595 bits per heavy atom. The molecule has 0 saturated carbocycles. The summed E-state index contributed by atoms with van der Waals surface area (Å²) in [7, 11) is 8.05. The fourth-order valence-electron chi connectivity index (χ4n) is 2.47. The van der Waals surface area contributed by atoms with Crippen LogP contribution >= 0.6 is 0 Å². The molecule has 4 atom stereocenters. The molecule has 8 nitrogen and oxygen atoms in total. The van der Waals surface area contributed by atoms with Crippen molar-refractivity contribution in [1.82, 2.24) is 19.6 Å². The van der Waals surface area contributed by atoms with E-state index in [9.17, 15) is 0 Å². The maximum absolute atomic E-state index is 9.12. The zero-order valence-corrected chi connectivity index (χ0v) is 29.3. The molecule has 0 aliphatic carbocycles. The summed E-state index contributed by atoms with van der Waals surface area (Å²) in [4.78, 5) is 8.42. The second kappa shape index (κ2) is 34.6. The molecule has 0 aromatic rings. The number of hydrogen-bond donors (Lipinski definition) is 4. The third-order valence-corrected chi connectivity index (χ3v) is 6.13. The molecular formula is C28H68N4O4Zr. The quantitative estimate of drug-likeness (QED) is 0.211. The van der Waals surface area contributed by atoms with Crippen LogP contribution in [0.5, 0.6) is 0 Å². The summed E-state index contributed by atoms with van der Waals surface area (Å²) in [6.45, 7) is 23.6. The summed E-state index contributed by atoms with van der Waals surface area (Å²) in [6, 6.07) is 0. The van der Waals surface area contributed by atoms with E-state index in [0.717, 1.165) is 78.0 Å². The normalized spacial score (nSPS) is 13.9. The van der Waals surface area contributed by atoms with Crippen LogP contribution in [-0.2, 0) is 26.2 Å². The average molecular weight is 616 g/mol. The third kappa shape index (κ3) is 41.2. The van der Waals surface area contributed by atoms with Gasteiger partial charge in [-0.3, -0.25) is 0 Å². The molecule has 4 unspecified atom stereocenters. The first kappa shape index (κ1) is 47.4. The molecule has 0 bridgehead atoms. The Balaban J connectivity index is -0.000000122. The molecule has 228 valence electrons. The van der Waals surface area contributed by atoms with Gasteiger partial charge in [-0.15, -0.1) is 0 Å². The van der Waals surface area contributed by atoms with Gasteiger partial charge in [0.2, 0.25) is 0 Å². The van der Waals surface area contributed by atoms with E-state index < -0.39 is 0 Å². The molecule has 0 aromatic heterocycles. The zero-order valence-electron chi connectivity index (χ0n) is 26.9. The van der Waals surface area contributed by atoms with Crippen LogP contribution in [0.15, 0.2) is 0 Å². The summed E-state index contributed by atoms with van der Waals surface area (Å²) in [5, 5.41) is 36.5. The minimum absolute atomic E-state index is 0. The number of nitrogens with zero attached hydrogens (tertiary/aromatic N) is 4. The number of aliphatic hydroxyl groups is 4. The Morgan fingerprint density at radius 2 is 0.514 bits per heavy atom. The van der Waals surface area contributed by atoms with Crippen molar-refractivity contribution in [2.45, 2.75) is 105 Å². The first-order valence-corrected chi connectivity index (χ1v) is 14.3. The van der Waals surface area contributed by atoms with Crippen LogP contribution in [0, 0.1) is 0 Å². The van der Waals surface area contributed by atoms with E-state index in [-0.39, 0.29) is 50.6 Å². The SMILES string of the molecule is CCC(O)CN(C)CC.CCC(O)CN(C)CC.CCC(O)CN(C)CC.CCC(O)CN(C)CC.[Zr]. The minimum Gasteiger partial charge on any atom is -0.392 e. The third-order valence-electron chi connectivity index (χ3n) is 6.13. The van der Waals surface area contributed by atoms with E-state index in [0.29, 0.717) is 0 Å². The number of hydrogen-bond acceptors (Lipinski definition) is 8. The van der Waals surface area contributed by atoms with Crippen molar-refractivity contribution >= 4 is 0 Å². The number of rotatable bonds is 16. The van der Waals surface area contributed by atoms with Crippen molar-refractivity contribution in [2.75, 3.05) is 80.5 Å². The number of aliphatic hydroxyl groups excluding tert-OH is 4. The van der Waals surface area contributed by atoms with Crippen molar-refractivity contribution in [3.63, 3.8) is 0 Å². The van der Waals surface area contributed by atoms with E-state index in [1.54, 1.807) is 0 Å². The van der Waals surface area contributed by atoms with Crippen molar-refractivity contribution in [3.8, 4) is 0 Å². The molecule has 0 heterocycles. The topological polar surface area (TPSA) is 93.9 Å². The van der Waals surface area contributed by atoms with Crippen LogP contribution in [0.4, 0.5) is 0 Å². The Labute approximate surface area is 251 Å². The van der Waals surface area contributed by atoms with Crippen LogP contribution in [0.25, 0.3) is 0 Å². The first-order valence-electron chi connectivity index (χ1n) is 14.3. The fourth-order valence-corrected chi connectivity index (χ4v) is 2.47. The maximum Gasteiger partial charge on any atom is 0.0664 e. The Hall–Kier alpha value is 0.563. The molecule has 9 heteroatoms. The molecule has 4 N–H and O–H groups in total. The molecule has 0 aliphatic heterocycles. The molecular weight excluding hydrogens is 548 g/mol. The molecule has 0 fully saturated rings. The van der Waals surface area contributed by atoms with E-state index in [1.165, 1.54) is 0 Å². The van der Waals surface area contributed by atoms with Crippen molar-refractivity contribution < 1.29 is 46.6 Å². The van der Waals surface area contributed by atoms with Gasteiger partial charge in [0.1, 0.15) is 0 Å². The van der Waals surface area contributed by atoms with Gasteiger partial charge in [-0.1, -0.05) is 55.4 Å². The standard InChI is InChI=1S/4C7H17NO.Zr/c4*1-4-7(9)6-8(3)5-2;/h4*7,9H,4-6H2,1-3H3;. The summed E-state index contributed by atoms with van der Waals surface area (Å²) < 4.78 is 0. The van der Waals surface area contributed by atoms with E-state index in [4.69, 9.17) is 20.4 Å². The van der Waals surface area contributed by atoms with Crippen LogP contribution in [0.3, 0.4) is 0 Å². The average Bonchev–Trinajstić information content (AvgIpc) is 2.88. The van der Waals surface area contributed by atoms with Gasteiger partial charge >= 0.3 is 0 Å². The molecule has 37 heavy (non-hydrogen) atoms. The summed E-state index contributed by atoms with van der Waals surface area (Å²) in [6.07, 6.45) is 2.83. The number of likely N-dealkylation sites (N-methyl/N-ethyl adjacent to an activating group) is 4. The summed E-state index contributed by atoms with van der Waals surface area (Å²) >= 11 is 0. The first-order chi connectivity index (χ1) is 16.8. The Morgan fingerprint density at radius 1 is 0.378 bits per heavy atom. The van der Waals surface area contributed by atoms with E-state index in [2.05, 4.69) is 47.3 Å². The van der Waals surface area contributed by atoms with Gasteiger partial charge in [0.25, 0.3) is 0 Å². The minimum atomic E-state index is -0.144. The van der Waals surface area contributed by atoms with Gasteiger partial charge < -0.3 is 40.0 Å². The van der Waals surface area contributed by atoms with Gasteiger partial charge in [-0.25, -0.2) is 0 Å². The molecule has 0 aliphatic rings. The zero-order chi connectivity index (χ0) is 29.1. The molecule has 0 radical (unpaired) electrons. The smallest absolute Gasteiger partial charge is 0.0664 e. The maximum atomic E-state index is 9.12. The molecule has 0 saturated heterocycles. The van der Waals surface area contributed by atoms with Crippen molar-refractivity contribution in [1.29, 1.82) is 0 Å². The van der Waals surface area contributed by atoms with Crippen molar-refractivity contribution in [2.24, 2.45) is 0 Å². The van der Waals surface area contributed by atoms with Crippen molar-refractivity contribution in [3.05, 3.63) is 0 Å². The molecule has 0 amide bonds. The van der Waals surface area contributed by atoms with E-state index in [1.807, 2.05) is 55.9 Å². The summed E-state index contributed by atoms with van der Waals surface area (Å²) in [5.74, 6) is 0. The monoisotopic (exact) mass is 614 g/mol. The van der Waals surface area contributed by atoms with E-state index >= 15 is 0 Å². The second-order valence-corrected chi connectivity index (χ2v) is 9.67. The molecule has 0 rings (SSSR count). The predicted octanol–water partition coefficient (Wildman–Crippen LogP) is 2.83. The molecule has 0 aromatic carbocycles. The van der Waals surface area contributed by atoms with Crippen LogP contribution in [0.1, 0.15) is 81.1 Å². The molecule has 0 spiro atoms. The predicted molar refractivity (Wildman–Crippen MR) is 158 cm³/mol. The van der Waals surface area contributed by atoms with Crippen LogP contribution in [-0.4, -0.2) is 145 Å². The van der Waals surface area contributed by atoms with Gasteiger partial charge in [-0.2, -0.15) is 0 Å². The Kier molecular flexibility index (Phi) is 44.3. The van der Waals surface area contributed by atoms with Gasteiger partial charge in [0.05, 0.1) is 24.4 Å². The largest absolute Gasteiger partial charge is 0.392 e. The van der Waals surface area contributed by atoms with Gasteiger partial charge in [0.15, 0.2) is 0 Å².